The molecule has 0 radical (unpaired) electrons. The zero-order valence-electron chi connectivity index (χ0n) is 12.0. The molecule has 0 fully saturated rings. The molecular formula is C16H20N2O2. The summed E-state index contributed by atoms with van der Waals surface area (Å²) < 4.78 is 4.80. The molecule has 4 heteroatoms. The van der Waals surface area contributed by atoms with E-state index in [1.165, 1.54) is 11.8 Å². The van der Waals surface area contributed by atoms with Crippen molar-refractivity contribution in [2.45, 2.75) is 32.7 Å². The van der Waals surface area contributed by atoms with Crippen LogP contribution < -0.4 is 0 Å². The summed E-state index contributed by atoms with van der Waals surface area (Å²) >= 11 is 0. The second kappa shape index (κ2) is 8.87. The molecule has 0 aliphatic heterocycles. The standard InChI is InChI=1S/C16H20N2O2/c1-3-20-16(19)15(11-17)12-18-13(2)9-10-14-7-5-4-6-8-14/h4-8,12-13,15H,3,9-10H2,1-2H3/t13-,15-/m0/s1. The van der Waals surface area contributed by atoms with Crippen LogP contribution in [0.3, 0.4) is 0 Å². The number of carbonyl (C=O) groups is 1. The molecule has 0 saturated heterocycles. The monoisotopic (exact) mass is 272 g/mol. The highest BCUT2D eigenvalue weighted by molar-refractivity contribution is 5.92. The van der Waals surface area contributed by atoms with Gasteiger partial charge in [0.05, 0.1) is 12.7 Å². The lowest BCUT2D eigenvalue weighted by molar-refractivity contribution is -0.143. The van der Waals surface area contributed by atoms with E-state index in [9.17, 15) is 4.79 Å². The highest BCUT2D eigenvalue weighted by Crippen LogP contribution is 2.07. The van der Waals surface area contributed by atoms with Crippen molar-refractivity contribution < 1.29 is 9.53 Å². The second-order valence-electron chi connectivity index (χ2n) is 4.53. The Kier molecular flexibility index (Phi) is 7.05. The number of benzene rings is 1. The molecule has 2 atom stereocenters. The number of nitrogens with zero attached hydrogens (tertiary/aromatic N) is 2. The molecule has 0 spiro atoms. The van der Waals surface area contributed by atoms with Crippen molar-refractivity contribution in [1.29, 1.82) is 5.26 Å². The van der Waals surface area contributed by atoms with Gasteiger partial charge in [0.1, 0.15) is 0 Å². The summed E-state index contributed by atoms with van der Waals surface area (Å²) in [6.45, 7) is 3.96. The average Bonchev–Trinajstić information content (AvgIpc) is 2.47. The number of hydrogen-bond donors (Lipinski definition) is 0. The lowest BCUT2D eigenvalue weighted by atomic mass is 10.1. The second-order valence-corrected chi connectivity index (χ2v) is 4.53. The van der Waals surface area contributed by atoms with Crippen molar-refractivity contribution in [3.8, 4) is 6.07 Å². The Labute approximate surface area is 120 Å². The Morgan fingerprint density at radius 3 is 2.75 bits per heavy atom. The predicted molar refractivity (Wildman–Crippen MR) is 78.5 cm³/mol. The summed E-state index contributed by atoms with van der Waals surface area (Å²) in [4.78, 5) is 15.7. The van der Waals surface area contributed by atoms with Gasteiger partial charge in [-0.25, -0.2) is 0 Å². The summed E-state index contributed by atoms with van der Waals surface area (Å²) in [5.74, 6) is -1.44. The van der Waals surface area contributed by atoms with Crippen molar-refractivity contribution in [2.24, 2.45) is 10.9 Å². The van der Waals surface area contributed by atoms with E-state index in [4.69, 9.17) is 10.00 Å². The fourth-order valence-corrected chi connectivity index (χ4v) is 1.71. The normalized spacial score (nSPS) is 13.7. The van der Waals surface area contributed by atoms with Gasteiger partial charge in [-0.2, -0.15) is 5.26 Å². The van der Waals surface area contributed by atoms with Gasteiger partial charge in [-0.15, -0.1) is 0 Å². The van der Waals surface area contributed by atoms with Gasteiger partial charge in [-0.05, 0) is 32.3 Å². The summed E-state index contributed by atoms with van der Waals surface area (Å²) in [5.41, 5.74) is 1.26. The number of rotatable bonds is 7. The number of esters is 1. The molecular weight excluding hydrogens is 252 g/mol. The highest BCUT2D eigenvalue weighted by Gasteiger charge is 2.16. The average molecular weight is 272 g/mol. The molecule has 106 valence electrons. The molecule has 0 heterocycles. The van der Waals surface area contributed by atoms with Gasteiger partial charge >= 0.3 is 5.97 Å². The van der Waals surface area contributed by atoms with Crippen LogP contribution in [-0.4, -0.2) is 24.8 Å². The Hall–Kier alpha value is -2.15. The van der Waals surface area contributed by atoms with Gasteiger partial charge in [0.15, 0.2) is 5.92 Å². The molecule has 20 heavy (non-hydrogen) atoms. The van der Waals surface area contributed by atoms with Crippen LogP contribution in [0, 0.1) is 17.2 Å². The van der Waals surface area contributed by atoms with E-state index in [1.807, 2.05) is 31.2 Å². The number of carbonyl (C=O) groups excluding carboxylic acids is 1. The molecule has 0 N–H and O–H groups in total. The van der Waals surface area contributed by atoms with Crippen LogP contribution in [0.2, 0.25) is 0 Å². The third-order valence-electron chi connectivity index (χ3n) is 2.86. The lowest BCUT2D eigenvalue weighted by Gasteiger charge is -2.07. The maximum atomic E-state index is 11.4. The van der Waals surface area contributed by atoms with Gasteiger partial charge in [0, 0.05) is 12.3 Å². The van der Waals surface area contributed by atoms with E-state index in [1.54, 1.807) is 6.92 Å². The molecule has 0 aliphatic carbocycles. The van der Waals surface area contributed by atoms with Crippen LogP contribution in [0.25, 0.3) is 0 Å². The molecule has 0 saturated carbocycles. The van der Waals surface area contributed by atoms with Crippen LogP contribution in [-0.2, 0) is 16.0 Å². The molecule has 1 aromatic rings. The number of ether oxygens (including phenoxy) is 1. The first-order valence-corrected chi connectivity index (χ1v) is 6.80. The largest absolute Gasteiger partial charge is 0.465 e. The summed E-state index contributed by atoms with van der Waals surface area (Å²) in [6, 6.07) is 12.1. The van der Waals surface area contributed by atoms with Crippen molar-refractivity contribution in [1.82, 2.24) is 0 Å². The van der Waals surface area contributed by atoms with Crippen LogP contribution in [0.5, 0.6) is 0 Å². The molecule has 0 bridgehead atoms. The minimum atomic E-state index is -0.908. The van der Waals surface area contributed by atoms with E-state index >= 15 is 0 Å². The van der Waals surface area contributed by atoms with Gasteiger partial charge in [-0.1, -0.05) is 30.3 Å². The van der Waals surface area contributed by atoms with Crippen LogP contribution >= 0.6 is 0 Å². The number of hydrogen-bond acceptors (Lipinski definition) is 4. The van der Waals surface area contributed by atoms with Crippen LogP contribution in [0.1, 0.15) is 25.8 Å². The van der Waals surface area contributed by atoms with E-state index in [-0.39, 0.29) is 12.6 Å². The zero-order valence-corrected chi connectivity index (χ0v) is 12.0. The van der Waals surface area contributed by atoms with Crippen molar-refractivity contribution in [2.75, 3.05) is 6.61 Å². The topological polar surface area (TPSA) is 62.5 Å². The zero-order chi connectivity index (χ0) is 14.8. The van der Waals surface area contributed by atoms with Gasteiger partial charge in [0.2, 0.25) is 0 Å². The predicted octanol–water partition coefficient (Wildman–Crippen LogP) is 2.78. The van der Waals surface area contributed by atoms with E-state index in [0.29, 0.717) is 0 Å². The quantitative estimate of drug-likeness (QED) is 0.566. The van der Waals surface area contributed by atoms with Gasteiger partial charge < -0.3 is 4.74 Å². The molecule has 1 rings (SSSR count). The minimum Gasteiger partial charge on any atom is -0.465 e. The third-order valence-corrected chi connectivity index (χ3v) is 2.86. The SMILES string of the molecule is CCOC(=O)[C@@H](C#N)C=N[C@@H](C)CCc1ccccc1. The first-order chi connectivity index (χ1) is 9.67. The number of aryl methyl sites for hydroxylation is 1. The third kappa shape index (κ3) is 5.66. The van der Waals surface area contributed by atoms with Crippen LogP contribution in [0.4, 0.5) is 0 Å². The summed E-state index contributed by atoms with van der Waals surface area (Å²) in [5, 5.41) is 8.90. The van der Waals surface area contributed by atoms with Crippen molar-refractivity contribution in [3.63, 3.8) is 0 Å². The van der Waals surface area contributed by atoms with E-state index < -0.39 is 11.9 Å². The summed E-state index contributed by atoms with van der Waals surface area (Å²) in [6.07, 6.45) is 3.20. The Morgan fingerprint density at radius 2 is 2.15 bits per heavy atom. The molecule has 4 nitrogen and oxygen atoms in total. The van der Waals surface area contributed by atoms with Gasteiger partial charge in [0.25, 0.3) is 0 Å². The fraction of sp³-hybridized carbons (Fsp3) is 0.438. The Morgan fingerprint density at radius 1 is 1.45 bits per heavy atom. The Bertz CT molecular complexity index is 477. The minimum absolute atomic E-state index is 0.0699. The number of aliphatic imine (C=N–C) groups is 1. The summed E-state index contributed by atoms with van der Waals surface area (Å²) in [7, 11) is 0. The van der Waals surface area contributed by atoms with E-state index in [0.717, 1.165) is 12.8 Å². The first-order valence-electron chi connectivity index (χ1n) is 6.80. The van der Waals surface area contributed by atoms with Crippen LogP contribution in [0.15, 0.2) is 35.3 Å². The number of nitriles is 1. The maximum Gasteiger partial charge on any atom is 0.328 e. The lowest BCUT2D eigenvalue weighted by Crippen LogP contribution is -2.18. The van der Waals surface area contributed by atoms with Gasteiger partial charge in [-0.3, -0.25) is 9.79 Å². The van der Waals surface area contributed by atoms with Crippen molar-refractivity contribution in [3.05, 3.63) is 35.9 Å². The fourth-order valence-electron chi connectivity index (χ4n) is 1.71. The maximum absolute atomic E-state index is 11.4. The highest BCUT2D eigenvalue weighted by atomic mass is 16.5. The van der Waals surface area contributed by atoms with E-state index in [2.05, 4.69) is 17.1 Å². The molecule has 0 amide bonds. The van der Waals surface area contributed by atoms with Crippen molar-refractivity contribution >= 4 is 12.2 Å². The smallest absolute Gasteiger partial charge is 0.328 e. The molecule has 1 aromatic carbocycles. The molecule has 0 unspecified atom stereocenters. The molecule has 0 aromatic heterocycles. The first kappa shape index (κ1) is 15.9. The Balaban J connectivity index is 2.44. The molecule has 0 aliphatic rings.